The Kier molecular flexibility index (Phi) is 3.72. The van der Waals surface area contributed by atoms with E-state index in [-0.39, 0.29) is 0 Å². The quantitative estimate of drug-likeness (QED) is 0.760. The minimum atomic E-state index is -0.896. The zero-order chi connectivity index (χ0) is 15.0. The lowest BCUT2D eigenvalue weighted by Gasteiger charge is -2.25. The van der Waals surface area contributed by atoms with Crippen molar-refractivity contribution in [2.75, 3.05) is 19.6 Å². The Labute approximate surface area is 133 Å². The Hall–Kier alpha value is -1.30. The molecule has 2 nitrogen and oxygen atoms in total. The molecule has 2 heteroatoms. The van der Waals surface area contributed by atoms with Gasteiger partial charge in [0, 0.05) is 5.92 Å². The van der Waals surface area contributed by atoms with Gasteiger partial charge in [0.15, 0.2) is 5.60 Å². The van der Waals surface area contributed by atoms with Crippen LogP contribution in [0.25, 0.3) is 0 Å². The van der Waals surface area contributed by atoms with E-state index in [1.807, 2.05) is 6.07 Å². The highest BCUT2D eigenvalue weighted by atomic mass is 16.3. The van der Waals surface area contributed by atoms with Crippen LogP contribution in [0.15, 0.2) is 24.3 Å². The van der Waals surface area contributed by atoms with Gasteiger partial charge in [0.05, 0.1) is 13.1 Å². The summed E-state index contributed by atoms with van der Waals surface area (Å²) < 4.78 is 0. The van der Waals surface area contributed by atoms with Crippen molar-refractivity contribution >= 4 is 0 Å². The Balaban J connectivity index is 1.59. The lowest BCUT2D eigenvalue weighted by Crippen LogP contribution is -3.12. The molecular weight excluding hydrogens is 270 g/mol. The number of hydrogen-bond donors (Lipinski definition) is 2. The number of likely N-dealkylation sites (tertiary alicyclic amines) is 1. The molecule has 1 aromatic carbocycles. The zero-order valence-corrected chi connectivity index (χ0v) is 13.3. The van der Waals surface area contributed by atoms with Gasteiger partial charge < -0.3 is 10.0 Å². The summed E-state index contributed by atoms with van der Waals surface area (Å²) in [6.07, 6.45) is 7.58. The first kappa shape index (κ1) is 14.3. The summed E-state index contributed by atoms with van der Waals surface area (Å²) in [6, 6.07) is 8.44. The molecule has 22 heavy (non-hydrogen) atoms. The maximum Gasteiger partial charge on any atom is 0.154 e. The molecule has 0 radical (unpaired) electrons. The van der Waals surface area contributed by atoms with Gasteiger partial charge in [-0.15, -0.1) is 0 Å². The fourth-order valence-electron chi connectivity index (χ4n) is 4.89. The maximum absolute atomic E-state index is 11.4. The number of rotatable bonds is 1. The van der Waals surface area contributed by atoms with Crippen molar-refractivity contribution in [3.63, 3.8) is 0 Å². The molecule has 2 aliphatic carbocycles. The second-order valence-corrected chi connectivity index (χ2v) is 7.29. The molecule has 1 aliphatic heterocycles. The molecule has 1 heterocycles. The molecule has 1 saturated heterocycles. The van der Waals surface area contributed by atoms with Crippen LogP contribution in [0.5, 0.6) is 0 Å². The van der Waals surface area contributed by atoms with Gasteiger partial charge in [0.25, 0.3) is 0 Å². The highest BCUT2D eigenvalue weighted by Crippen LogP contribution is 2.56. The van der Waals surface area contributed by atoms with Gasteiger partial charge in [0.2, 0.25) is 0 Å². The largest absolute Gasteiger partial charge is 0.373 e. The second kappa shape index (κ2) is 5.72. The monoisotopic (exact) mass is 296 g/mol. The van der Waals surface area contributed by atoms with Crippen LogP contribution in [0.4, 0.5) is 0 Å². The highest BCUT2D eigenvalue weighted by molar-refractivity contribution is 5.48. The fraction of sp³-hybridized carbons (Fsp3) is 0.600. The van der Waals surface area contributed by atoms with Crippen LogP contribution in [-0.2, 0) is 5.60 Å². The van der Waals surface area contributed by atoms with Gasteiger partial charge in [-0.2, -0.15) is 0 Å². The summed E-state index contributed by atoms with van der Waals surface area (Å²) in [5.41, 5.74) is 1.55. The van der Waals surface area contributed by atoms with Gasteiger partial charge in [0.1, 0.15) is 6.54 Å². The first-order valence-corrected chi connectivity index (χ1v) is 8.94. The number of benzene rings is 1. The van der Waals surface area contributed by atoms with Crippen molar-refractivity contribution in [1.82, 2.24) is 0 Å². The van der Waals surface area contributed by atoms with Gasteiger partial charge in [-0.3, -0.25) is 0 Å². The minimum Gasteiger partial charge on any atom is -0.373 e. The molecule has 2 N–H and O–H groups in total. The summed E-state index contributed by atoms with van der Waals surface area (Å²) in [4.78, 5) is 1.59. The van der Waals surface area contributed by atoms with E-state index in [4.69, 9.17) is 0 Å². The fourth-order valence-corrected chi connectivity index (χ4v) is 4.89. The van der Waals surface area contributed by atoms with Gasteiger partial charge in [-0.1, -0.05) is 36.6 Å². The number of fused-ring (bicyclic) bond motifs is 3. The van der Waals surface area contributed by atoms with Crippen LogP contribution in [-0.4, -0.2) is 24.7 Å². The van der Waals surface area contributed by atoms with Crippen molar-refractivity contribution in [2.45, 2.75) is 50.0 Å². The van der Waals surface area contributed by atoms with Crippen molar-refractivity contribution in [1.29, 1.82) is 0 Å². The molecule has 3 aliphatic rings. The van der Waals surface area contributed by atoms with E-state index in [0.29, 0.717) is 11.8 Å². The predicted octanol–water partition coefficient (Wildman–Crippen LogP) is 1.84. The Bertz CT molecular complexity index is 608. The SMILES string of the molecule is O[C@@]1(C#CC[NH+]2CCCCC2)c2ccccc2[C@H]2CCC[C@@H]21. The Morgan fingerprint density at radius 1 is 1.09 bits per heavy atom. The molecule has 3 atom stereocenters. The summed E-state index contributed by atoms with van der Waals surface area (Å²) in [5.74, 6) is 7.51. The van der Waals surface area contributed by atoms with Crippen LogP contribution in [0.2, 0.25) is 0 Å². The molecule has 0 bridgehead atoms. The average molecular weight is 296 g/mol. The molecule has 0 amide bonds. The third-order valence-corrected chi connectivity index (χ3v) is 6.00. The van der Waals surface area contributed by atoms with Gasteiger partial charge in [-0.05, 0) is 55.1 Å². The summed E-state index contributed by atoms with van der Waals surface area (Å²) in [7, 11) is 0. The van der Waals surface area contributed by atoms with Gasteiger partial charge >= 0.3 is 0 Å². The summed E-state index contributed by atoms with van der Waals surface area (Å²) in [6.45, 7) is 3.38. The number of aliphatic hydroxyl groups is 1. The van der Waals surface area contributed by atoms with E-state index >= 15 is 0 Å². The topological polar surface area (TPSA) is 24.7 Å². The van der Waals surface area contributed by atoms with Crippen LogP contribution < -0.4 is 4.90 Å². The summed E-state index contributed by atoms with van der Waals surface area (Å²) >= 11 is 0. The Morgan fingerprint density at radius 3 is 2.77 bits per heavy atom. The standard InChI is InChI=1S/C20H25NO/c22-20(12-7-15-21-13-4-1-5-14-21)18-10-3-2-8-16(18)17-9-6-11-19(17)20/h2-3,8,10,17,19,22H,1,4-6,9,11,13-15H2/p+1/t17-,19+,20+/m1/s1. The summed E-state index contributed by atoms with van der Waals surface area (Å²) in [5, 5.41) is 11.4. The number of hydrogen-bond acceptors (Lipinski definition) is 1. The molecule has 1 aromatic rings. The molecule has 4 rings (SSSR count). The normalized spacial score (nSPS) is 33.9. The van der Waals surface area contributed by atoms with Crippen molar-refractivity contribution in [3.8, 4) is 11.8 Å². The lowest BCUT2D eigenvalue weighted by molar-refractivity contribution is -0.897. The molecule has 1 saturated carbocycles. The van der Waals surface area contributed by atoms with E-state index in [1.54, 1.807) is 4.90 Å². The van der Waals surface area contributed by atoms with Crippen molar-refractivity contribution in [2.24, 2.45) is 5.92 Å². The van der Waals surface area contributed by atoms with E-state index in [9.17, 15) is 5.11 Å². The predicted molar refractivity (Wildman–Crippen MR) is 87.6 cm³/mol. The van der Waals surface area contributed by atoms with E-state index < -0.39 is 5.60 Å². The first-order chi connectivity index (χ1) is 10.8. The molecule has 116 valence electrons. The third-order valence-electron chi connectivity index (χ3n) is 6.00. The molecule has 0 unspecified atom stereocenters. The zero-order valence-electron chi connectivity index (χ0n) is 13.3. The van der Waals surface area contributed by atoms with Crippen molar-refractivity contribution in [3.05, 3.63) is 35.4 Å². The number of nitrogens with one attached hydrogen (secondary N) is 1. The van der Waals surface area contributed by atoms with Crippen LogP contribution >= 0.6 is 0 Å². The molecule has 0 aromatic heterocycles. The average Bonchev–Trinajstić information content (AvgIpc) is 3.13. The molecule has 2 fully saturated rings. The van der Waals surface area contributed by atoms with E-state index in [2.05, 4.69) is 30.0 Å². The van der Waals surface area contributed by atoms with Crippen LogP contribution in [0, 0.1) is 17.8 Å². The maximum atomic E-state index is 11.4. The Morgan fingerprint density at radius 2 is 1.91 bits per heavy atom. The molecule has 0 spiro atoms. The van der Waals surface area contributed by atoms with E-state index in [0.717, 1.165) is 18.5 Å². The smallest absolute Gasteiger partial charge is 0.154 e. The second-order valence-electron chi connectivity index (χ2n) is 7.29. The number of quaternary nitrogens is 1. The van der Waals surface area contributed by atoms with Crippen molar-refractivity contribution < 1.29 is 10.0 Å². The van der Waals surface area contributed by atoms with Gasteiger partial charge in [-0.25, -0.2) is 0 Å². The third kappa shape index (κ3) is 2.28. The highest BCUT2D eigenvalue weighted by Gasteiger charge is 2.52. The minimum absolute atomic E-state index is 0.314. The number of piperidine rings is 1. The molecular formula is C20H26NO+. The first-order valence-electron chi connectivity index (χ1n) is 8.94. The lowest BCUT2D eigenvalue weighted by atomic mass is 9.85. The van der Waals surface area contributed by atoms with E-state index in [1.165, 1.54) is 50.8 Å². The van der Waals surface area contributed by atoms with Crippen LogP contribution in [0.1, 0.15) is 55.6 Å². The van der Waals surface area contributed by atoms with Crippen LogP contribution in [0.3, 0.4) is 0 Å².